The highest BCUT2D eigenvalue weighted by Gasteiger charge is 2.44. The number of aliphatic hydroxyl groups excluding tert-OH is 5. The van der Waals surface area contributed by atoms with Crippen LogP contribution in [0.5, 0.6) is 0 Å². The smallest absolute Gasteiger partial charge is 0.220 e. The number of rotatable bonds is 51. The first kappa shape index (κ1) is 64.7. The van der Waals surface area contributed by atoms with Gasteiger partial charge in [0.1, 0.15) is 24.4 Å². The maximum Gasteiger partial charge on any atom is 0.220 e. The highest BCUT2D eigenvalue weighted by atomic mass is 16.7. The van der Waals surface area contributed by atoms with Crippen LogP contribution in [0.1, 0.15) is 290 Å². The normalized spacial score (nSPS) is 19.7. The van der Waals surface area contributed by atoms with E-state index in [1.54, 1.807) is 6.08 Å². The predicted molar refractivity (Wildman–Crippen MR) is 286 cm³/mol. The average Bonchev–Trinajstić information content (AvgIpc) is 3.34. The van der Waals surface area contributed by atoms with E-state index in [4.69, 9.17) is 9.47 Å². The summed E-state index contributed by atoms with van der Waals surface area (Å²) in [6.45, 7) is 3.81. The zero-order valence-electron chi connectivity index (χ0n) is 44.6. The molecule has 1 amide bonds. The Morgan fingerprint density at radius 2 is 0.838 bits per heavy atom. The number of nitrogens with one attached hydrogen (secondary N) is 1. The molecule has 0 bridgehead atoms. The van der Waals surface area contributed by atoms with Crippen molar-refractivity contribution < 1.29 is 39.8 Å². The minimum Gasteiger partial charge on any atom is -0.394 e. The molecule has 0 saturated carbocycles. The van der Waals surface area contributed by atoms with Crippen LogP contribution in [0, 0.1) is 0 Å². The number of aliphatic hydroxyl groups is 5. The fourth-order valence-corrected chi connectivity index (χ4v) is 9.59. The molecule has 0 aliphatic carbocycles. The lowest BCUT2D eigenvalue weighted by Crippen LogP contribution is -2.60. The molecule has 9 nitrogen and oxygen atoms in total. The lowest BCUT2D eigenvalue weighted by Gasteiger charge is -2.40. The van der Waals surface area contributed by atoms with E-state index < -0.39 is 49.5 Å². The monoisotopic (exact) mass is 964 g/mol. The molecular weight excluding hydrogens is 851 g/mol. The number of allylic oxidation sites excluding steroid dienone is 3. The topological polar surface area (TPSA) is 149 Å². The number of amides is 1. The zero-order valence-corrected chi connectivity index (χ0v) is 44.6. The summed E-state index contributed by atoms with van der Waals surface area (Å²) in [5.41, 5.74) is 0. The molecule has 7 unspecified atom stereocenters. The van der Waals surface area contributed by atoms with Crippen molar-refractivity contribution in [3.8, 4) is 0 Å². The Labute approximate surface area is 419 Å². The molecule has 0 aromatic heterocycles. The minimum atomic E-state index is -1.57. The van der Waals surface area contributed by atoms with Gasteiger partial charge in [0.05, 0.1) is 25.4 Å². The van der Waals surface area contributed by atoms with E-state index in [1.807, 2.05) is 6.08 Å². The van der Waals surface area contributed by atoms with Crippen LogP contribution in [0.15, 0.2) is 24.3 Å². The minimum absolute atomic E-state index is 0.180. The average molecular weight is 965 g/mol. The van der Waals surface area contributed by atoms with E-state index in [2.05, 4.69) is 31.3 Å². The largest absolute Gasteiger partial charge is 0.394 e. The number of carbonyl (C=O) groups excluding carboxylic acids is 1. The molecule has 0 aromatic rings. The maximum atomic E-state index is 13.1. The molecule has 0 radical (unpaired) electrons. The van der Waals surface area contributed by atoms with Crippen LogP contribution in [0.25, 0.3) is 0 Å². The third-order valence-corrected chi connectivity index (χ3v) is 14.3. The summed E-state index contributed by atoms with van der Waals surface area (Å²) in [6, 6.07) is -0.818. The second-order valence-corrected chi connectivity index (χ2v) is 20.8. The van der Waals surface area contributed by atoms with Crippen molar-refractivity contribution in [3.63, 3.8) is 0 Å². The molecule has 1 rings (SSSR count). The van der Waals surface area contributed by atoms with Gasteiger partial charge >= 0.3 is 0 Å². The molecule has 9 heteroatoms. The first-order valence-electron chi connectivity index (χ1n) is 29.6. The van der Waals surface area contributed by atoms with E-state index in [0.29, 0.717) is 6.42 Å². The Morgan fingerprint density at radius 3 is 1.24 bits per heavy atom. The van der Waals surface area contributed by atoms with Crippen LogP contribution in [0.4, 0.5) is 0 Å². The Hall–Kier alpha value is -1.33. The van der Waals surface area contributed by atoms with Gasteiger partial charge in [-0.15, -0.1) is 0 Å². The highest BCUT2D eigenvalue weighted by molar-refractivity contribution is 5.76. The summed E-state index contributed by atoms with van der Waals surface area (Å²) >= 11 is 0. The van der Waals surface area contributed by atoms with Crippen LogP contribution in [0.3, 0.4) is 0 Å². The van der Waals surface area contributed by atoms with Crippen molar-refractivity contribution in [2.24, 2.45) is 0 Å². The summed E-state index contributed by atoms with van der Waals surface area (Å²) in [7, 11) is 0. The van der Waals surface area contributed by atoms with Gasteiger partial charge in [-0.3, -0.25) is 4.79 Å². The number of carbonyl (C=O) groups is 1. The lowest BCUT2D eigenvalue weighted by molar-refractivity contribution is -0.302. The van der Waals surface area contributed by atoms with Gasteiger partial charge in [-0.05, 0) is 32.1 Å². The van der Waals surface area contributed by atoms with Crippen LogP contribution in [0.2, 0.25) is 0 Å². The summed E-state index contributed by atoms with van der Waals surface area (Å²) in [6.07, 6.45) is 55.4. The van der Waals surface area contributed by atoms with Gasteiger partial charge in [0.2, 0.25) is 5.91 Å². The Kier molecular flexibility index (Phi) is 46.9. The summed E-state index contributed by atoms with van der Waals surface area (Å²) in [5.74, 6) is -0.180. The van der Waals surface area contributed by atoms with Crippen molar-refractivity contribution in [1.82, 2.24) is 5.32 Å². The summed E-state index contributed by atoms with van der Waals surface area (Å²) < 4.78 is 11.3. The molecule has 1 heterocycles. The quantitative estimate of drug-likeness (QED) is 0.0261. The Balaban J connectivity index is 2.23. The molecule has 1 fully saturated rings. The molecular formula is C59H113NO8. The van der Waals surface area contributed by atoms with Crippen molar-refractivity contribution in [2.75, 3.05) is 13.2 Å². The number of unbranched alkanes of at least 4 members (excludes halogenated alkanes) is 39. The molecule has 0 spiro atoms. The lowest BCUT2D eigenvalue weighted by atomic mass is 9.99. The molecule has 7 atom stereocenters. The van der Waals surface area contributed by atoms with E-state index in [1.165, 1.54) is 231 Å². The second-order valence-electron chi connectivity index (χ2n) is 20.8. The van der Waals surface area contributed by atoms with Crippen LogP contribution < -0.4 is 5.32 Å². The van der Waals surface area contributed by atoms with Gasteiger partial charge in [0, 0.05) is 6.42 Å². The summed E-state index contributed by atoms with van der Waals surface area (Å²) in [5, 5.41) is 54.5. The zero-order chi connectivity index (χ0) is 49.4. The van der Waals surface area contributed by atoms with Crippen LogP contribution in [-0.4, -0.2) is 87.5 Å². The van der Waals surface area contributed by atoms with Crippen molar-refractivity contribution in [1.29, 1.82) is 0 Å². The SMILES string of the molecule is CCCCCCCCCCCCCCCCCC/C=C/CC/C=C/C(O)C(COC1OC(CO)C(O)C(O)C1O)NC(=O)CCCCCCCCCCCCCCCCCCCCCCCCC. The van der Waals surface area contributed by atoms with Gasteiger partial charge in [-0.2, -0.15) is 0 Å². The number of hydrogen-bond acceptors (Lipinski definition) is 8. The highest BCUT2D eigenvalue weighted by Crippen LogP contribution is 2.23. The fraction of sp³-hybridized carbons (Fsp3) is 0.915. The first-order valence-corrected chi connectivity index (χ1v) is 29.6. The van der Waals surface area contributed by atoms with Gasteiger partial charge < -0.3 is 40.3 Å². The fourth-order valence-electron chi connectivity index (χ4n) is 9.59. The molecule has 1 aliphatic heterocycles. The first-order chi connectivity index (χ1) is 33.3. The maximum absolute atomic E-state index is 13.1. The molecule has 68 heavy (non-hydrogen) atoms. The third-order valence-electron chi connectivity index (χ3n) is 14.3. The molecule has 0 aromatic carbocycles. The van der Waals surface area contributed by atoms with Crippen molar-refractivity contribution in [2.45, 2.75) is 333 Å². The Bertz CT molecular complexity index is 1120. The van der Waals surface area contributed by atoms with Crippen LogP contribution >= 0.6 is 0 Å². The third kappa shape index (κ3) is 38.4. The van der Waals surface area contributed by atoms with E-state index in [9.17, 15) is 30.3 Å². The van der Waals surface area contributed by atoms with Crippen molar-refractivity contribution in [3.05, 3.63) is 24.3 Å². The van der Waals surface area contributed by atoms with Gasteiger partial charge in [0.15, 0.2) is 6.29 Å². The van der Waals surface area contributed by atoms with Crippen LogP contribution in [-0.2, 0) is 14.3 Å². The summed E-state index contributed by atoms with van der Waals surface area (Å²) in [4.78, 5) is 13.1. The van der Waals surface area contributed by atoms with E-state index >= 15 is 0 Å². The molecule has 6 N–H and O–H groups in total. The van der Waals surface area contributed by atoms with Gasteiger partial charge in [0.25, 0.3) is 0 Å². The molecule has 402 valence electrons. The Morgan fingerprint density at radius 1 is 0.485 bits per heavy atom. The van der Waals surface area contributed by atoms with E-state index in [-0.39, 0.29) is 12.5 Å². The van der Waals surface area contributed by atoms with E-state index in [0.717, 1.165) is 38.5 Å². The molecule has 1 aliphatic rings. The standard InChI is InChI=1S/C59H113NO8/c1-3-5-7-9-11-13-15-17-19-21-23-25-27-29-31-33-35-37-39-41-43-45-47-49-55(63)60-52(51-67-59-58(66)57(65)56(64)54(50-61)68-59)53(62)48-46-44-42-40-38-36-34-32-30-28-26-24-22-20-18-16-14-12-10-8-6-4-2/h38,40,46,48,52-54,56-59,61-62,64-66H,3-37,39,41-45,47,49-51H2,1-2H3,(H,60,63)/b40-38+,48-46+. The molecule has 1 saturated heterocycles. The predicted octanol–water partition coefficient (Wildman–Crippen LogP) is 14.6. The van der Waals surface area contributed by atoms with Gasteiger partial charge in [-0.1, -0.05) is 276 Å². The van der Waals surface area contributed by atoms with Crippen molar-refractivity contribution >= 4 is 5.91 Å². The number of hydrogen-bond donors (Lipinski definition) is 6. The number of ether oxygens (including phenoxy) is 2. The van der Waals surface area contributed by atoms with Gasteiger partial charge in [-0.25, -0.2) is 0 Å². The second kappa shape index (κ2) is 49.3.